The summed E-state index contributed by atoms with van der Waals surface area (Å²) in [6.45, 7) is 6.11. The van der Waals surface area contributed by atoms with E-state index in [-0.39, 0.29) is 6.04 Å². The molecule has 0 spiro atoms. The van der Waals surface area contributed by atoms with E-state index in [9.17, 15) is 5.11 Å². The summed E-state index contributed by atoms with van der Waals surface area (Å²) in [5.41, 5.74) is 0.430. The van der Waals surface area contributed by atoms with Gasteiger partial charge in [0.05, 0.1) is 0 Å². The summed E-state index contributed by atoms with van der Waals surface area (Å²) in [5, 5.41) is 11.4. The molecule has 1 aromatic carbocycles. The Balaban J connectivity index is 1.97. The van der Waals surface area contributed by atoms with Gasteiger partial charge in [0.15, 0.2) is 0 Å². The quantitative estimate of drug-likeness (QED) is 0.838. The van der Waals surface area contributed by atoms with Crippen LogP contribution < -0.4 is 0 Å². The summed E-state index contributed by atoms with van der Waals surface area (Å²) >= 11 is 0. The Labute approximate surface area is 115 Å². The lowest BCUT2D eigenvalue weighted by atomic mass is 9.66. The number of rotatable bonds is 4. The van der Waals surface area contributed by atoms with E-state index in [4.69, 9.17) is 0 Å². The summed E-state index contributed by atoms with van der Waals surface area (Å²) < 4.78 is 0. The third kappa shape index (κ3) is 2.03. The highest BCUT2D eigenvalue weighted by Gasteiger charge is 2.53. The van der Waals surface area contributed by atoms with Crippen LogP contribution in [0, 0.1) is 5.92 Å². The maximum absolute atomic E-state index is 11.4. The standard InChI is InChI=1S/C17H23NO/c1-2-3-9-16-17(19,14-7-5-4-6-8-14)15-10-12-18(16)13-11-15/h2,4-8,15-16,19H,1,3,9-13H2. The molecule has 19 heavy (non-hydrogen) atoms. The second-order valence-corrected chi connectivity index (χ2v) is 5.88. The van der Waals surface area contributed by atoms with Gasteiger partial charge in [-0.1, -0.05) is 36.4 Å². The topological polar surface area (TPSA) is 23.5 Å². The second kappa shape index (κ2) is 5.10. The molecule has 2 bridgehead atoms. The Bertz CT molecular complexity index is 436. The van der Waals surface area contributed by atoms with E-state index in [2.05, 4.69) is 23.6 Å². The van der Waals surface area contributed by atoms with Crippen LogP contribution >= 0.6 is 0 Å². The van der Waals surface area contributed by atoms with Crippen molar-refractivity contribution >= 4 is 0 Å². The van der Waals surface area contributed by atoms with Gasteiger partial charge in [-0.2, -0.15) is 0 Å². The van der Waals surface area contributed by atoms with Gasteiger partial charge in [0.2, 0.25) is 0 Å². The lowest BCUT2D eigenvalue weighted by molar-refractivity contribution is -0.163. The van der Waals surface area contributed by atoms with E-state index < -0.39 is 5.60 Å². The largest absolute Gasteiger partial charge is 0.383 e. The molecule has 0 saturated carbocycles. The second-order valence-electron chi connectivity index (χ2n) is 5.88. The van der Waals surface area contributed by atoms with E-state index in [0.29, 0.717) is 5.92 Å². The third-order valence-electron chi connectivity index (χ3n) is 4.98. The lowest BCUT2D eigenvalue weighted by Gasteiger charge is -2.56. The maximum Gasteiger partial charge on any atom is 0.108 e. The van der Waals surface area contributed by atoms with Crippen LogP contribution in [0.15, 0.2) is 43.0 Å². The molecule has 0 amide bonds. The first-order chi connectivity index (χ1) is 9.26. The summed E-state index contributed by atoms with van der Waals surface area (Å²) in [6.07, 6.45) is 6.19. The molecular formula is C17H23NO. The number of hydrogen-bond acceptors (Lipinski definition) is 2. The molecule has 3 heterocycles. The van der Waals surface area contributed by atoms with Gasteiger partial charge < -0.3 is 5.11 Å². The molecule has 4 rings (SSSR count). The molecule has 0 aromatic heterocycles. The third-order valence-corrected chi connectivity index (χ3v) is 4.98. The van der Waals surface area contributed by atoms with Crippen molar-refractivity contribution in [3.63, 3.8) is 0 Å². The van der Waals surface area contributed by atoms with Gasteiger partial charge in [0.25, 0.3) is 0 Å². The Hall–Kier alpha value is -1.12. The van der Waals surface area contributed by atoms with Crippen molar-refractivity contribution < 1.29 is 5.11 Å². The highest BCUT2D eigenvalue weighted by atomic mass is 16.3. The van der Waals surface area contributed by atoms with Crippen LogP contribution in [0.25, 0.3) is 0 Å². The molecule has 3 aliphatic heterocycles. The summed E-state index contributed by atoms with van der Waals surface area (Å²) in [7, 11) is 0. The van der Waals surface area contributed by atoms with Crippen molar-refractivity contribution in [2.45, 2.75) is 37.3 Å². The number of piperidine rings is 3. The minimum absolute atomic E-state index is 0.250. The Morgan fingerprint density at radius 3 is 2.58 bits per heavy atom. The summed E-state index contributed by atoms with van der Waals surface area (Å²) in [5.74, 6) is 0.412. The molecule has 2 heteroatoms. The van der Waals surface area contributed by atoms with Crippen LogP contribution in [-0.2, 0) is 5.60 Å². The van der Waals surface area contributed by atoms with Gasteiger partial charge in [-0.25, -0.2) is 0 Å². The molecule has 1 N–H and O–H groups in total. The van der Waals surface area contributed by atoms with Crippen molar-refractivity contribution in [3.05, 3.63) is 48.6 Å². The van der Waals surface area contributed by atoms with E-state index in [1.807, 2.05) is 24.3 Å². The molecule has 102 valence electrons. The van der Waals surface area contributed by atoms with Crippen LogP contribution in [0.5, 0.6) is 0 Å². The number of nitrogens with zero attached hydrogens (tertiary/aromatic N) is 1. The van der Waals surface area contributed by atoms with Crippen molar-refractivity contribution in [2.75, 3.05) is 13.1 Å². The first-order valence-corrected chi connectivity index (χ1v) is 7.39. The Morgan fingerprint density at radius 2 is 1.95 bits per heavy atom. The van der Waals surface area contributed by atoms with E-state index in [0.717, 1.165) is 44.3 Å². The van der Waals surface area contributed by atoms with Crippen LogP contribution in [0.3, 0.4) is 0 Å². The highest BCUT2D eigenvalue weighted by Crippen LogP contribution is 2.48. The van der Waals surface area contributed by atoms with Crippen molar-refractivity contribution in [1.82, 2.24) is 4.90 Å². The summed E-state index contributed by atoms with van der Waals surface area (Å²) in [6, 6.07) is 10.5. The number of fused-ring (bicyclic) bond motifs is 3. The number of hydrogen-bond donors (Lipinski definition) is 1. The molecule has 3 saturated heterocycles. The SMILES string of the molecule is C=CCCC1N2CCC(CC2)C1(O)c1ccccc1. The number of aliphatic hydroxyl groups is 1. The predicted molar refractivity (Wildman–Crippen MR) is 77.9 cm³/mol. The van der Waals surface area contributed by atoms with E-state index >= 15 is 0 Å². The molecule has 3 fully saturated rings. The van der Waals surface area contributed by atoms with Crippen molar-refractivity contribution in [1.29, 1.82) is 0 Å². The van der Waals surface area contributed by atoms with Gasteiger partial charge in [0, 0.05) is 6.04 Å². The molecule has 0 aliphatic carbocycles. The smallest absolute Gasteiger partial charge is 0.108 e. The molecule has 2 nitrogen and oxygen atoms in total. The molecule has 1 aromatic rings. The fraction of sp³-hybridized carbons (Fsp3) is 0.529. The Kier molecular flexibility index (Phi) is 3.46. The molecule has 3 aliphatic rings. The zero-order chi connectivity index (χ0) is 13.3. The van der Waals surface area contributed by atoms with Crippen molar-refractivity contribution in [3.8, 4) is 0 Å². The zero-order valence-corrected chi connectivity index (χ0v) is 11.5. The highest BCUT2D eigenvalue weighted by molar-refractivity contribution is 5.28. The van der Waals surface area contributed by atoms with Crippen LogP contribution in [0.2, 0.25) is 0 Å². The molecule has 0 radical (unpaired) electrons. The molecular weight excluding hydrogens is 234 g/mol. The van der Waals surface area contributed by atoms with Crippen LogP contribution in [0.1, 0.15) is 31.2 Å². The van der Waals surface area contributed by atoms with E-state index in [1.54, 1.807) is 0 Å². The van der Waals surface area contributed by atoms with Gasteiger partial charge in [0.1, 0.15) is 5.60 Å². The monoisotopic (exact) mass is 257 g/mol. The normalized spacial score (nSPS) is 37.2. The van der Waals surface area contributed by atoms with Gasteiger partial charge >= 0.3 is 0 Å². The first-order valence-electron chi connectivity index (χ1n) is 7.39. The van der Waals surface area contributed by atoms with Crippen molar-refractivity contribution in [2.24, 2.45) is 5.92 Å². The van der Waals surface area contributed by atoms with Gasteiger partial charge in [-0.3, -0.25) is 4.90 Å². The number of benzene rings is 1. The van der Waals surface area contributed by atoms with Crippen LogP contribution in [-0.4, -0.2) is 29.1 Å². The fourth-order valence-electron chi connectivity index (χ4n) is 4.01. The molecule has 2 atom stereocenters. The van der Waals surface area contributed by atoms with Gasteiger partial charge in [-0.05, 0) is 50.3 Å². The van der Waals surface area contributed by atoms with Gasteiger partial charge in [-0.15, -0.1) is 6.58 Å². The summed E-state index contributed by atoms with van der Waals surface area (Å²) in [4.78, 5) is 2.48. The molecule has 2 unspecified atom stereocenters. The minimum Gasteiger partial charge on any atom is -0.383 e. The van der Waals surface area contributed by atoms with Crippen LogP contribution in [0.4, 0.5) is 0 Å². The maximum atomic E-state index is 11.4. The first kappa shape index (κ1) is 12.9. The predicted octanol–water partition coefficient (Wildman–Crippen LogP) is 2.93. The average Bonchev–Trinajstić information content (AvgIpc) is 2.48. The number of allylic oxidation sites excluding steroid dienone is 1. The fourth-order valence-corrected chi connectivity index (χ4v) is 4.01. The zero-order valence-electron chi connectivity index (χ0n) is 11.5. The average molecular weight is 257 g/mol. The minimum atomic E-state index is -0.666. The lowest BCUT2D eigenvalue weighted by Crippen LogP contribution is -2.63. The van der Waals surface area contributed by atoms with E-state index in [1.165, 1.54) is 0 Å². The Morgan fingerprint density at radius 1 is 1.26 bits per heavy atom.